The number of anilines is 1. The van der Waals surface area contributed by atoms with E-state index in [9.17, 15) is 21.6 Å². The van der Waals surface area contributed by atoms with E-state index in [0.717, 1.165) is 10.6 Å². The molecule has 0 aromatic heterocycles. The number of sulfonamides is 2. The Morgan fingerprint density at radius 3 is 2.53 bits per heavy atom. The lowest BCUT2D eigenvalue weighted by molar-refractivity contribution is -0.119. The van der Waals surface area contributed by atoms with E-state index < -0.39 is 32.0 Å². The molecule has 1 aromatic rings. The molecule has 1 unspecified atom stereocenters. The molecule has 1 aromatic carbocycles. The van der Waals surface area contributed by atoms with E-state index in [4.69, 9.17) is 9.47 Å². The van der Waals surface area contributed by atoms with Gasteiger partial charge in [-0.15, -0.1) is 0 Å². The fourth-order valence-corrected chi connectivity index (χ4v) is 6.16. The third-order valence-corrected chi connectivity index (χ3v) is 8.23. The first-order valence-corrected chi connectivity index (χ1v) is 13.1. The summed E-state index contributed by atoms with van der Waals surface area (Å²) in [5.41, 5.74) is 0.191. The molecule has 1 N–H and O–H groups in total. The van der Waals surface area contributed by atoms with Gasteiger partial charge in [-0.1, -0.05) is 0 Å². The Morgan fingerprint density at radius 1 is 1.20 bits per heavy atom. The minimum Gasteiger partial charge on any atom is -0.492 e. The largest absolute Gasteiger partial charge is 0.492 e. The first kappa shape index (κ1) is 22.9. The van der Waals surface area contributed by atoms with Gasteiger partial charge in [-0.2, -0.15) is 8.61 Å². The summed E-state index contributed by atoms with van der Waals surface area (Å²) in [7, 11) is -7.29. The number of ether oxygens (including phenoxy) is 2. The molecule has 2 saturated heterocycles. The van der Waals surface area contributed by atoms with Crippen LogP contribution in [0.15, 0.2) is 23.1 Å². The van der Waals surface area contributed by atoms with Gasteiger partial charge in [-0.3, -0.25) is 4.79 Å². The zero-order valence-corrected chi connectivity index (χ0v) is 18.7. The summed E-state index contributed by atoms with van der Waals surface area (Å²) >= 11 is 0. The van der Waals surface area contributed by atoms with Crippen molar-refractivity contribution in [3.63, 3.8) is 0 Å². The minimum absolute atomic E-state index is 0.0227. The number of nitrogens with zero attached hydrogens (tertiary/aromatic N) is 2. The first-order chi connectivity index (χ1) is 14.1. The summed E-state index contributed by atoms with van der Waals surface area (Å²) in [6, 6.07) is 3.45. The Balaban J connectivity index is 1.89. The van der Waals surface area contributed by atoms with Gasteiger partial charge in [0.2, 0.25) is 26.0 Å². The van der Waals surface area contributed by atoms with Gasteiger partial charge in [0.15, 0.2) is 0 Å². The summed E-state index contributed by atoms with van der Waals surface area (Å²) in [5.74, 6) is -0.199. The molecule has 2 aliphatic rings. The lowest BCUT2D eigenvalue weighted by atomic mass is 10.2. The Labute approximate surface area is 177 Å². The van der Waals surface area contributed by atoms with E-state index >= 15 is 0 Å². The van der Waals surface area contributed by atoms with E-state index in [0.29, 0.717) is 38.4 Å². The van der Waals surface area contributed by atoms with Crippen molar-refractivity contribution >= 4 is 31.6 Å². The zero-order valence-electron chi connectivity index (χ0n) is 17.0. The Bertz CT molecular complexity index is 989. The van der Waals surface area contributed by atoms with Crippen LogP contribution in [0.5, 0.6) is 5.75 Å². The predicted molar refractivity (Wildman–Crippen MR) is 110 cm³/mol. The number of hydrogen-bond donors (Lipinski definition) is 1. The van der Waals surface area contributed by atoms with Gasteiger partial charge in [0.1, 0.15) is 11.8 Å². The molecule has 1 amide bonds. The second kappa shape index (κ2) is 9.18. The molecule has 1 atom stereocenters. The highest BCUT2D eigenvalue weighted by molar-refractivity contribution is 7.89. The highest BCUT2D eigenvalue weighted by atomic mass is 32.2. The maximum atomic E-state index is 13.0. The first-order valence-electron chi connectivity index (χ1n) is 9.77. The summed E-state index contributed by atoms with van der Waals surface area (Å²) in [6.07, 6.45) is 2.04. The topological polar surface area (TPSA) is 122 Å². The number of hydrogen-bond acceptors (Lipinski definition) is 7. The molecule has 12 heteroatoms. The normalized spacial score (nSPS) is 21.5. The lowest BCUT2D eigenvalue weighted by Gasteiger charge is -2.26. The third kappa shape index (κ3) is 4.94. The van der Waals surface area contributed by atoms with Gasteiger partial charge in [0.05, 0.1) is 36.7 Å². The molecule has 2 fully saturated rings. The van der Waals surface area contributed by atoms with E-state index in [-0.39, 0.29) is 30.2 Å². The van der Waals surface area contributed by atoms with Crippen molar-refractivity contribution in [2.75, 3.05) is 51.0 Å². The molecule has 0 aliphatic carbocycles. The molecule has 2 aliphatic heterocycles. The van der Waals surface area contributed by atoms with Gasteiger partial charge < -0.3 is 14.8 Å². The van der Waals surface area contributed by atoms with Gasteiger partial charge in [-0.05, 0) is 38.0 Å². The van der Waals surface area contributed by atoms with Crippen molar-refractivity contribution in [3.05, 3.63) is 18.2 Å². The fourth-order valence-electron chi connectivity index (χ4n) is 3.60. The average Bonchev–Trinajstić information content (AvgIpc) is 3.21. The van der Waals surface area contributed by atoms with Crippen LogP contribution >= 0.6 is 0 Å². The maximum Gasteiger partial charge on any atom is 0.243 e. The number of benzene rings is 1. The minimum atomic E-state index is -3.76. The van der Waals surface area contributed by atoms with E-state index in [2.05, 4.69) is 5.32 Å². The average molecular weight is 462 g/mol. The third-order valence-electron chi connectivity index (χ3n) is 5.05. The highest BCUT2D eigenvalue weighted by Gasteiger charge is 2.37. The summed E-state index contributed by atoms with van der Waals surface area (Å²) < 4.78 is 63.1. The summed E-state index contributed by atoms with van der Waals surface area (Å²) in [4.78, 5) is 12.9. The van der Waals surface area contributed by atoms with Gasteiger partial charge in [0.25, 0.3) is 0 Å². The highest BCUT2D eigenvalue weighted by Crippen LogP contribution is 2.31. The van der Waals surface area contributed by atoms with Crippen LogP contribution in [0.4, 0.5) is 5.69 Å². The van der Waals surface area contributed by atoms with Crippen molar-refractivity contribution in [1.82, 2.24) is 8.61 Å². The number of morpholine rings is 1. The predicted octanol–water partition coefficient (Wildman–Crippen LogP) is 0.469. The molecule has 3 rings (SSSR count). The maximum absolute atomic E-state index is 13.0. The molecule has 0 bridgehead atoms. The van der Waals surface area contributed by atoms with Crippen LogP contribution in [0.2, 0.25) is 0 Å². The SMILES string of the molecule is CCOc1ccc(S(=O)(=O)N2CCOCC2)cc1NC(=O)C1CCCN1S(C)(=O)=O. The van der Waals surface area contributed by atoms with Crippen LogP contribution in [-0.4, -0.2) is 83.1 Å². The Morgan fingerprint density at radius 2 is 1.90 bits per heavy atom. The standard InChI is InChI=1S/C18H27N3O7S2/c1-3-28-17-7-6-14(30(25,26)20-9-11-27-12-10-20)13-15(17)19-18(22)16-5-4-8-21(16)29(2,23)24/h6-7,13,16H,3-5,8-12H2,1-2H3,(H,19,22). The van der Waals surface area contributed by atoms with Crippen LogP contribution in [0, 0.1) is 0 Å². The molecule has 0 saturated carbocycles. The number of carbonyl (C=O) groups is 1. The van der Waals surface area contributed by atoms with Crippen molar-refractivity contribution in [1.29, 1.82) is 0 Å². The number of rotatable bonds is 7. The number of carbonyl (C=O) groups excluding carboxylic acids is 1. The Hall–Kier alpha value is -1.73. The molecule has 2 heterocycles. The smallest absolute Gasteiger partial charge is 0.243 e. The molecule has 30 heavy (non-hydrogen) atoms. The van der Waals surface area contributed by atoms with Gasteiger partial charge in [0, 0.05) is 19.6 Å². The van der Waals surface area contributed by atoms with Crippen LogP contribution in [-0.2, 0) is 29.6 Å². The van der Waals surface area contributed by atoms with Gasteiger partial charge in [-0.25, -0.2) is 16.8 Å². The van der Waals surface area contributed by atoms with E-state index in [1.165, 1.54) is 22.5 Å². The van der Waals surface area contributed by atoms with Crippen molar-refractivity contribution in [3.8, 4) is 5.75 Å². The molecular formula is C18H27N3O7S2. The fraction of sp³-hybridized carbons (Fsp3) is 0.611. The second-order valence-corrected chi connectivity index (χ2v) is 11.0. The molecule has 0 spiro atoms. The summed E-state index contributed by atoms with van der Waals surface area (Å²) in [5, 5.41) is 2.68. The number of nitrogens with one attached hydrogen (secondary N) is 1. The van der Waals surface area contributed by atoms with Crippen LogP contribution in [0.25, 0.3) is 0 Å². The van der Waals surface area contributed by atoms with Crippen molar-refractivity contribution in [2.45, 2.75) is 30.7 Å². The second-order valence-electron chi connectivity index (χ2n) is 7.13. The van der Waals surface area contributed by atoms with Crippen LogP contribution in [0.1, 0.15) is 19.8 Å². The van der Waals surface area contributed by atoms with E-state index in [1.807, 2.05) is 0 Å². The van der Waals surface area contributed by atoms with Crippen LogP contribution in [0.3, 0.4) is 0 Å². The van der Waals surface area contributed by atoms with Gasteiger partial charge >= 0.3 is 0 Å². The Kier molecular flexibility index (Phi) is 7.02. The zero-order chi connectivity index (χ0) is 21.9. The monoisotopic (exact) mass is 461 g/mol. The van der Waals surface area contributed by atoms with Crippen LogP contribution < -0.4 is 10.1 Å². The molecule has 168 valence electrons. The van der Waals surface area contributed by atoms with Crippen molar-refractivity contribution < 1.29 is 31.1 Å². The molecular weight excluding hydrogens is 434 g/mol. The quantitative estimate of drug-likeness (QED) is 0.626. The lowest BCUT2D eigenvalue weighted by Crippen LogP contribution is -2.42. The summed E-state index contributed by atoms with van der Waals surface area (Å²) in [6.45, 7) is 3.52. The molecule has 10 nitrogen and oxygen atoms in total. The molecule has 0 radical (unpaired) electrons. The van der Waals surface area contributed by atoms with E-state index in [1.54, 1.807) is 6.92 Å². The number of amides is 1. The van der Waals surface area contributed by atoms with Crippen molar-refractivity contribution in [2.24, 2.45) is 0 Å².